The van der Waals surface area contributed by atoms with Gasteiger partial charge in [0.2, 0.25) is 0 Å². The lowest BCUT2D eigenvalue weighted by atomic mass is 9.93. The van der Waals surface area contributed by atoms with Gasteiger partial charge in [0.1, 0.15) is 4.88 Å². The minimum absolute atomic E-state index is 0.129. The van der Waals surface area contributed by atoms with E-state index in [4.69, 9.17) is 0 Å². The Balaban J connectivity index is 1.80. The van der Waals surface area contributed by atoms with Crippen LogP contribution in [0.3, 0.4) is 0 Å². The number of hydrogen-bond donors (Lipinski definition) is 0. The third kappa shape index (κ3) is 2.72. The highest BCUT2D eigenvalue weighted by Crippen LogP contribution is 2.34. The molecule has 0 spiro atoms. The number of likely N-dealkylation sites (tertiary alicyclic amines) is 1. The summed E-state index contributed by atoms with van der Waals surface area (Å²) in [7, 11) is 0. The van der Waals surface area contributed by atoms with Crippen LogP contribution in [0.25, 0.3) is 0 Å². The number of aryl methyl sites for hydroxylation is 2. The van der Waals surface area contributed by atoms with Gasteiger partial charge in [-0.05, 0) is 38.3 Å². The van der Waals surface area contributed by atoms with E-state index < -0.39 is 0 Å². The number of carbonyl (C=O) groups is 1. The van der Waals surface area contributed by atoms with Crippen LogP contribution >= 0.6 is 11.3 Å². The first kappa shape index (κ1) is 14.3. The van der Waals surface area contributed by atoms with E-state index in [0.29, 0.717) is 5.92 Å². The molecule has 0 saturated carbocycles. The van der Waals surface area contributed by atoms with Crippen LogP contribution in [0, 0.1) is 13.8 Å². The molecule has 1 aliphatic rings. The van der Waals surface area contributed by atoms with Crippen molar-refractivity contribution in [1.29, 1.82) is 0 Å². The Morgan fingerprint density at radius 1 is 1.33 bits per heavy atom. The average molecular weight is 300 g/mol. The van der Waals surface area contributed by atoms with Crippen molar-refractivity contribution in [1.82, 2.24) is 9.88 Å². The van der Waals surface area contributed by atoms with E-state index in [1.54, 1.807) is 6.20 Å². The molecule has 1 aromatic heterocycles. The van der Waals surface area contributed by atoms with Crippen molar-refractivity contribution in [2.24, 2.45) is 0 Å². The molecular weight excluding hydrogens is 280 g/mol. The largest absolute Gasteiger partial charge is 0.335 e. The quantitative estimate of drug-likeness (QED) is 0.845. The Labute approximate surface area is 129 Å². The number of aromatic nitrogens is 1. The summed E-state index contributed by atoms with van der Waals surface area (Å²) in [5, 5.41) is 0.945. The molecule has 1 aromatic carbocycles. The summed E-state index contributed by atoms with van der Waals surface area (Å²) in [5.74, 6) is 0.573. The van der Waals surface area contributed by atoms with Crippen molar-refractivity contribution in [2.45, 2.75) is 39.2 Å². The van der Waals surface area contributed by atoms with Gasteiger partial charge in [0.05, 0.1) is 11.2 Å². The maximum atomic E-state index is 12.6. The minimum Gasteiger partial charge on any atom is -0.335 e. The van der Waals surface area contributed by atoms with E-state index in [2.05, 4.69) is 43.1 Å². The lowest BCUT2D eigenvalue weighted by Gasteiger charge is -2.20. The van der Waals surface area contributed by atoms with Crippen molar-refractivity contribution >= 4 is 17.2 Å². The monoisotopic (exact) mass is 300 g/mol. The highest BCUT2D eigenvalue weighted by molar-refractivity contribution is 7.13. The normalized spacial score (nSPS) is 21.8. The number of amides is 1. The van der Waals surface area contributed by atoms with Gasteiger partial charge in [-0.1, -0.05) is 24.3 Å². The van der Waals surface area contributed by atoms with E-state index in [1.807, 2.05) is 11.8 Å². The second-order valence-corrected chi connectivity index (χ2v) is 7.07. The van der Waals surface area contributed by atoms with Crippen LogP contribution < -0.4 is 0 Å². The Morgan fingerprint density at radius 2 is 2.10 bits per heavy atom. The van der Waals surface area contributed by atoms with Crippen molar-refractivity contribution in [3.8, 4) is 0 Å². The zero-order chi connectivity index (χ0) is 15.0. The van der Waals surface area contributed by atoms with Gasteiger partial charge in [0.15, 0.2) is 0 Å². The number of rotatable bonds is 2. The molecule has 21 heavy (non-hydrogen) atoms. The van der Waals surface area contributed by atoms with Gasteiger partial charge >= 0.3 is 0 Å². The molecule has 0 radical (unpaired) electrons. The summed E-state index contributed by atoms with van der Waals surface area (Å²) >= 11 is 1.48. The molecule has 2 aromatic rings. The van der Waals surface area contributed by atoms with Crippen LogP contribution in [-0.4, -0.2) is 28.4 Å². The summed E-state index contributed by atoms with van der Waals surface area (Å²) in [6.45, 7) is 7.04. The first-order chi connectivity index (χ1) is 10.1. The predicted molar refractivity (Wildman–Crippen MR) is 85.9 cm³/mol. The third-order valence-electron chi connectivity index (χ3n) is 4.30. The number of hydrogen-bond acceptors (Lipinski definition) is 3. The molecule has 1 amide bonds. The lowest BCUT2D eigenvalue weighted by Crippen LogP contribution is -2.33. The van der Waals surface area contributed by atoms with Gasteiger partial charge in [-0.3, -0.25) is 4.79 Å². The zero-order valence-electron chi connectivity index (χ0n) is 12.7. The molecule has 0 bridgehead atoms. The third-order valence-corrected chi connectivity index (χ3v) is 5.20. The Morgan fingerprint density at radius 3 is 2.76 bits per heavy atom. The van der Waals surface area contributed by atoms with Gasteiger partial charge in [-0.2, -0.15) is 0 Å². The molecule has 110 valence electrons. The van der Waals surface area contributed by atoms with Crippen LogP contribution in [0.2, 0.25) is 0 Å². The summed E-state index contributed by atoms with van der Waals surface area (Å²) in [4.78, 5) is 19.6. The highest BCUT2D eigenvalue weighted by atomic mass is 32.1. The topological polar surface area (TPSA) is 33.2 Å². The first-order valence-electron chi connectivity index (χ1n) is 7.35. The Kier molecular flexibility index (Phi) is 3.81. The number of thiazole rings is 1. The molecule has 1 saturated heterocycles. The summed E-state index contributed by atoms with van der Waals surface area (Å²) in [6, 6.07) is 8.78. The standard InChI is InChI=1S/C17H20N2OS/c1-11-6-4-5-7-15(11)14-8-12(2)19(10-14)17(20)16-9-18-13(3)21-16/h4-7,9,12,14H,8,10H2,1-3H3/t12-,14-/m1/s1. The average Bonchev–Trinajstić information content (AvgIpc) is 3.05. The Hall–Kier alpha value is -1.68. The summed E-state index contributed by atoms with van der Waals surface area (Å²) < 4.78 is 0. The fourth-order valence-electron chi connectivity index (χ4n) is 3.19. The van der Waals surface area contributed by atoms with E-state index in [0.717, 1.165) is 22.9 Å². The molecule has 2 atom stereocenters. The first-order valence-corrected chi connectivity index (χ1v) is 8.17. The Bertz CT molecular complexity index is 664. The number of nitrogens with zero attached hydrogens (tertiary/aromatic N) is 2. The van der Waals surface area contributed by atoms with Crippen LogP contribution in [0.15, 0.2) is 30.5 Å². The molecular formula is C17H20N2OS. The second-order valence-electron chi connectivity index (χ2n) is 5.84. The van der Waals surface area contributed by atoms with Crippen LogP contribution in [0.1, 0.15) is 45.1 Å². The van der Waals surface area contributed by atoms with Crippen molar-refractivity contribution in [3.63, 3.8) is 0 Å². The molecule has 3 rings (SSSR count). The van der Waals surface area contributed by atoms with Crippen molar-refractivity contribution < 1.29 is 4.79 Å². The molecule has 4 heteroatoms. The zero-order valence-corrected chi connectivity index (χ0v) is 13.5. The van der Waals surface area contributed by atoms with Gasteiger partial charge in [-0.25, -0.2) is 4.98 Å². The maximum Gasteiger partial charge on any atom is 0.265 e. The molecule has 0 unspecified atom stereocenters. The summed E-state index contributed by atoms with van der Waals surface area (Å²) in [5.41, 5.74) is 2.69. The van der Waals surface area contributed by atoms with Crippen LogP contribution in [0.5, 0.6) is 0 Å². The van der Waals surface area contributed by atoms with Crippen LogP contribution in [-0.2, 0) is 0 Å². The van der Waals surface area contributed by atoms with E-state index in [9.17, 15) is 4.79 Å². The van der Waals surface area contributed by atoms with E-state index >= 15 is 0 Å². The summed E-state index contributed by atoms with van der Waals surface area (Å²) in [6.07, 6.45) is 2.74. The molecule has 3 nitrogen and oxygen atoms in total. The second kappa shape index (κ2) is 5.60. The van der Waals surface area contributed by atoms with Gasteiger partial charge < -0.3 is 4.90 Å². The fourth-order valence-corrected chi connectivity index (χ4v) is 3.92. The lowest BCUT2D eigenvalue weighted by molar-refractivity contribution is 0.0750. The van der Waals surface area contributed by atoms with Crippen LogP contribution in [0.4, 0.5) is 0 Å². The molecule has 1 fully saturated rings. The molecule has 1 aliphatic heterocycles. The number of benzene rings is 1. The van der Waals surface area contributed by atoms with E-state index in [-0.39, 0.29) is 11.9 Å². The SMILES string of the molecule is Cc1ncc(C(=O)N2C[C@H](c3ccccc3C)C[C@H]2C)s1. The van der Waals surface area contributed by atoms with Crippen molar-refractivity contribution in [2.75, 3.05) is 6.54 Å². The van der Waals surface area contributed by atoms with Gasteiger partial charge in [0.25, 0.3) is 5.91 Å². The highest BCUT2D eigenvalue weighted by Gasteiger charge is 2.34. The number of carbonyl (C=O) groups excluding carboxylic acids is 1. The molecule has 0 aliphatic carbocycles. The minimum atomic E-state index is 0.129. The maximum absolute atomic E-state index is 12.6. The van der Waals surface area contributed by atoms with Crippen molar-refractivity contribution in [3.05, 3.63) is 51.5 Å². The fraction of sp³-hybridized carbons (Fsp3) is 0.412. The predicted octanol–water partition coefficient (Wildman–Crippen LogP) is 3.78. The van der Waals surface area contributed by atoms with Gasteiger partial charge in [-0.15, -0.1) is 11.3 Å². The van der Waals surface area contributed by atoms with E-state index in [1.165, 1.54) is 22.5 Å². The molecule has 0 N–H and O–H groups in total. The smallest absolute Gasteiger partial charge is 0.265 e. The molecule has 2 heterocycles. The van der Waals surface area contributed by atoms with Gasteiger partial charge in [0, 0.05) is 18.5 Å².